The summed E-state index contributed by atoms with van der Waals surface area (Å²) in [6.45, 7) is 0.451. The van der Waals surface area contributed by atoms with Gasteiger partial charge in [-0.25, -0.2) is 0 Å². The fourth-order valence-corrected chi connectivity index (χ4v) is 2.50. The predicted octanol–water partition coefficient (Wildman–Crippen LogP) is 2.60. The van der Waals surface area contributed by atoms with Gasteiger partial charge in [-0.2, -0.15) is 5.26 Å². The lowest BCUT2D eigenvalue weighted by Crippen LogP contribution is -2.34. The summed E-state index contributed by atoms with van der Waals surface area (Å²) in [5.41, 5.74) is 2.09. The lowest BCUT2D eigenvalue weighted by atomic mass is 10.0. The molecule has 0 aliphatic rings. The van der Waals surface area contributed by atoms with Gasteiger partial charge in [0.2, 0.25) is 0 Å². The first-order valence-electron chi connectivity index (χ1n) is 7.64. The molecular weight excluding hydrogens is 302 g/mol. The topological polar surface area (TPSA) is 65.4 Å². The molecule has 24 heavy (non-hydrogen) atoms. The van der Waals surface area contributed by atoms with Gasteiger partial charge < -0.3 is 15.0 Å². The van der Waals surface area contributed by atoms with Crippen molar-refractivity contribution < 1.29 is 9.53 Å². The number of methoxy groups -OCH3 is 1. The molecule has 0 saturated carbocycles. The first-order chi connectivity index (χ1) is 11.6. The molecule has 0 aliphatic carbocycles. The van der Waals surface area contributed by atoms with Crippen molar-refractivity contribution in [2.45, 2.75) is 6.04 Å². The predicted molar refractivity (Wildman–Crippen MR) is 92.9 cm³/mol. The van der Waals surface area contributed by atoms with E-state index in [-0.39, 0.29) is 11.9 Å². The molecule has 0 saturated heterocycles. The molecule has 5 nitrogen and oxygen atoms in total. The number of hydrogen-bond donors (Lipinski definition) is 1. The van der Waals surface area contributed by atoms with Crippen LogP contribution in [0.1, 0.15) is 27.5 Å². The van der Waals surface area contributed by atoms with Gasteiger partial charge in [0.15, 0.2) is 0 Å². The van der Waals surface area contributed by atoms with E-state index in [1.54, 1.807) is 31.4 Å². The number of benzene rings is 2. The van der Waals surface area contributed by atoms with Crippen LogP contribution in [-0.2, 0) is 0 Å². The summed E-state index contributed by atoms with van der Waals surface area (Å²) in [5.74, 6) is 0.630. The highest BCUT2D eigenvalue weighted by Crippen LogP contribution is 2.27. The van der Waals surface area contributed by atoms with Crippen LogP contribution in [0, 0.1) is 11.3 Å². The van der Waals surface area contributed by atoms with Gasteiger partial charge in [-0.15, -0.1) is 0 Å². The Morgan fingerprint density at radius 1 is 1.21 bits per heavy atom. The number of nitrogens with one attached hydrogen (secondary N) is 1. The zero-order valence-electron chi connectivity index (χ0n) is 14.1. The Bertz CT molecular complexity index is 733. The molecule has 0 unspecified atom stereocenters. The van der Waals surface area contributed by atoms with E-state index in [0.29, 0.717) is 17.7 Å². The summed E-state index contributed by atoms with van der Waals surface area (Å²) in [4.78, 5) is 14.4. The second-order valence-electron chi connectivity index (χ2n) is 5.62. The summed E-state index contributed by atoms with van der Waals surface area (Å²) >= 11 is 0. The largest absolute Gasteiger partial charge is 0.496 e. The molecule has 0 aliphatic heterocycles. The van der Waals surface area contributed by atoms with Crippen LogP contribution in [0.25, 0.3) is 0 Å². The molecule has 0 aromatic heterocycles. The van der Waals surface area contributed by atoms with Crippen LogP contribution in [0.15, 0.2) is 48.5 Å². The van der Waals surface area contributed by atoms with E-state index in [9.17, 15) is 4.79 Å². The molecular formula is C19H21N3O2. The molecule has 2 aromatic rings. The summed E-state index contributed by atoms with van der Waals surface area (Å²) in [6.07, 6.45) is 0. The van der Waals surface area contributed by atoms with Crippen LogP contribution in [0.4, 0.5) is 0 Å². The lowest BCUT2D eigenvalue weighted by Gasteiger charge is -2.26. The van der Waals surface area contributed by atoms with E-state index < -0.39 is 0 Å². The van der Waals surface area contributed by atoms with E-state index in [1.165, 1.54) is 0 Å². The third kappa shape index (κ3) is 4.12. The van der Waals surface area contributed by atoms with Crippen molar-refractivity contribution in [2.24, 2.45) is 0 Å². The summed E-state index contributed by atoms with van der Waals surface area (Å²) in [6, 6.07) is 16.4. The van der Waals surface area contributed by atoms with Gasteiger partial charge >= 0.3 is 0 Å². The molecule has 0 radical (unpaired) electrons. The van der Waals surface area contributed by atoms with E-state index in [0.717, 1.165) is 11.3 Å². The molecule has 124 valence electrons. The molecule has 0 heterocycles. The highest BCUT2D eigenvalue weighted by atomic mass is 16.5. The third-order valence-electron chi connectivity index (χ3n) is 3.85. The molecule has 0 spiro atoms. The number of nitrogens with zero attached hydrogens (tertiary/aromatic N) is 2. The minimum Gasteiger partial charge on any atom is -0.496 e. The maximum absolute atomic E-state index is 12.3. The molecule has 1 N–H and O–H groups in total. The number of amides is 1. The van der Waals surface area contributed by atoms with Gasteiger partial charge in [-0.3, -0.25) is 4.79 Å². The average Bonchev–Trinajstić information content (AvgIpc) is 2.62. The Labute approximate surface area is 142 Å². The van der Waals surface area contributed by atoms with Crippen LogP contribution < -0.4 is 10.1 Å². The van der Waals surface area contributed by atoms with Crippen molar-refractivity contribution in [3.63, 3.8) is 0 Å². The van der Waals surface area contributed by atoms with Crippen molar-refractivity contribution in [3.8, 4) is 11.8 Å². The highest BCUT2D eigenvalue weighted by molar-refractivity contribution is 5.94. The molecule has 1 amide bonds. The number of nitriles is 1. The Balaban J connectivity index is 2.11. The maximum atomic E-state index is 12.3. The van der Waals surface area contributed by atoms with Gasteiger partial charge in [0, 0.05) is 17.7 Å². The molecule has 0 bridgehead atoms. The van der Waals surface area contributed by atoms with Crippen molar-refractivity contribution in [1.29, 1.82) is 5.26 Å². The number of ether oxygens (including phenoxy) is 1. The minimum absolute atomic E-state index is 0.0107. The monoisotopic (exact) mass is 323 g/mol. The quantitative estimate of drug-likeness (QED) is 0.887. The second kappa shape index (κ2) is 8.14. The fraction of sp³-hybridized carbons (Fsp3) is 0.263. The first kappa shape index (κ1) is 17.5. The number of carbonyl (C=O) groups is 1. The third-order valence-corrected chi connectivity index (χ3v) is 3.85. The summed E-state index contributed by atoms with van der Waals surface area (Å²) in [5, 5.41) is 11.8. The average molecular weight is 323 g/mol. The molecule has 5 heteroatoms. The Kier molecular flexibility index (Phi) is 5.94. The van der Waals surface area contributed by atoms with Crippen LogP contribution in [0.2, 0.25) is 0 Å². The standard InChI is InChI=1S/C19H21N3O2/c1-22(2)17(16-6-4-5-7-18(16)24-3)13-21-19(23)15-10-8-14(12-20)9-11-15/h4-11,17H,13H2,1-3H3,(H,21,23)/t17-/m0/s1. The molecule has 2 rings (SSSR count). The summed E-state index contributed by atoms with van der Waals surface area (Å²) < 4.78 is 5.42. The first-order valence-corrected chi connectivity index (χ1v) is 7.64. The number of carbonyl (C=O) groups excluding carboxylic acids is 1. The molecule has 1 atom stereocenters. The van der Waals surface area contributed by atoms with E-state index >= 15 is 0 Å². The molecule has 2 aromatic carbocycles. The van der Waals surface area contributed by atoms with Gasteiger partial charge in [0.25, 0.3) is 5.91 Å². The van der Waals surface area contributed by atoms with Crippen molar-refractivity contribution in [3.05, 3.63) is 65.2 Å². The lowest BCUT2D eigenvalue weighted by molar-refractivity contribution is 0.0941. The SMILES string of the molecule is COc1ccccc1[C@H](CNC(=O)c1ccc(C#N)cc1)N(C)C. The smallest absolute Gasteiger partial charge is 0.251 e. The van der Waals surface area contributed by atoms with Crippen LogP contribution in [-0.4, -0.2) is 38.6 Å². The van der Waals surface area contributed by atoms with Crippen molar-refractivity contribution in [1.82, 2.24) is 10.2 Å². The number of hydrogen-bond acceptors (Lipinski definition) is 4. The van der Waals surface area contributed by atoms with Crippen LogP contribution in [0.5, 0.6) is 5.75 Å². The molecule has 0 fully saturated rings. The Morgan fingerprint density at radius 2 is 1.88 bits per heavy atom. The normalized spacial score (nSPS) is 11.6. The number of rotatable bonds is 6. The van der Waals surface area contributed by atoms with Gasteiger partial charge in [0.1, 0.15) is 5.75 Å². The van der Waals surface area contributed by atoms with E-state index in [1.807, 2.05) is 49.3 Å². The highest BCUT2D eigenvalue weighted by Gasteiger charge is 2.19. The van der Waals surface area contributed by atoms with E-state index in [2.05, 4.69) is 5.32 Å². The minimum atomic E-state index is -0.166. The number of para-hydroxylation sites is 1. The van der Waals surface area contributed by atoms with Crippen LogP contribution >= 0.6 is 0 Å². The summed E-state index contributed by atoms with van der Waals surface area (Å²) in [7, 11) is 5.57. The van der Waals surface area contributed by atoms with Crippen molar-refractivity contribution in [2.75, 3.05) is 27.7 Å². The van der Waals surface area contributed by atoms with Crippen LogP contribution in [0.3, 0.4) is 0 Å². The van der Waals surface area contributed by atoms with Crippen molar-refractivity contribution >= 4 is 5.91 Å². The van der Waals surface area contributed by atoms with Gasteiger partial charge in [0.05, 0.1) is 24.8 Å². The van der Waals surface area contributed by atoms with E-state index in [4.69, 9.17) is 10.00 Å². The van der Waals surface area contributed by atoms with Gasteiger partial charge in [-0.05, 0) is 44.4 Å². The second-order valence-corrected chi connectivity index (χ2v) is 5.62. The zero-order chi connectivity index (χ0) is 17.5. The maximum Gasteiger partial charge on any atom is 0.251 e. The number of likely N-dealkylation sites (N-methyl/N-ethyl adjacent to an activating group) is 1. The Morgan fingerprint density at radius 3 is 2.46 bits per heavy atom. The fourth-order valence-electron chi connectivity index (χ4n) is 2.50. The zero-order valence-corrected chi connectivity index (χ0v) is 14.1. The Hall–Kier alpha value is -2.84. The van der Waals surface area contributed by atoms with Gasteiger partial charge in [-0.1, -0.05) is 18.2 Å².